The van der Waals surface area contributed by atoms with E-state index in [0.29, 0.717) is 23.7 Å². The number of nitrogens with zero attached hydrogens (tertiary/aromatic N) is 6. The van der Waals surface area contributed by atoms with Gasteiger partial charge in [-0.2, -0.15) is 5.10 Å². The van der Waals surface area contributed by atoms with Crippen LogP contribution >= 0.6 is 23.4 Å². The van der Waals surface area contributed by atoms with Gasteiger partial charge in [0.1, 0.15) is 5.69 Å². The second-order valence-corrected chi connectivity index (χ2v) is 7.85. The lowest BCUT2D eigenvalue weighted by molar-refractivity contribution is 0.0733. The molecule has 7 nitrogen and oxygen atoms in total. The van der Waals surface area contributed by atoms with Gasteiger partial charge in [-0.25, -0.2) is 0 Å². The van der Waals surface area contributed by atoms with Gasteiger partial charge >= 0.3 is 0 Å². The van der Waals surface area contributed by atoms with Crippen molar-refractivity contribution >= 4 is 29.3 Å². The molecule has 1 aromatic carbocycles. The number of carbonyl (C=O) groups excluding carboxylic acids is 1. The molecule has 3 heterocycles. The largest absolute Gasteiger partial charge is 0.334 e. The maximum absolute atomic E-state index is 13.0. The molecule has 0 unspecified atom stereocenters. The van der Waals surface area contributed by atoms with Crippen LogP contribution in [0.1, 0.15) is 28.5 Å². The van der Waals surface area contributed by atoms with Crippen LogP contribution in [0.4, 0.5) is 0 Å². The summed E-state index contributed by atoms with van der Waals surface area (Å²) in [5, 5.41) is 14.9. The fourth-order valence-electron chi connectivity index (χ4n) is 3.62. The van der Waals surface area contributed by atoms with E-state index in [1.807, 2.05) is 22.9 Å². The first-order chi connectivity index (χ1) is 13.5. The van der Waals surface area contributed by atoms with Crippen LogP contribution in [-0.2, 0) is 26.6 Å². The molecular formula is C19H21ClN6OS. The minimum atomic E-state index is -0.00104. The van der Waals surface area contributed by atoms with Gasteiger partial charge in [0.2, 0.25) is 0 Å². The van der Waals surface area contributed by atoms with Crippen molar-refractivity contribution in [1.82, 2.24) is 29.4 Å². The zero-order valence-corrected chi connectivity index (χ0v) is 17.6. The van der Waals surface area contributed by atoms with Gasteiger partial charge in [0.25, 0.3) is 5.91 Å². The molecule has 0 radical (unpaired) electrons. The summed E-state index contributed by atoms with van der Waals surface area (Å²) >= 11 is 7.51. The predicted molar refractivity (Wildman–Crippen MR) is 110 cm³/mol. The van der Waals surface area contributed by atoms with E-state index in [1.165, 1.54) is 0 Å². The number of amides is 1. The summed E-state index contributed by atoms with van der Waals surface area (Å²) in [4.78, 5) is 14.8. The van der Waals surface area contributed by atoms with Gasteiger partial charge in [-0.15, -0.1) is 10.2 Å². The number of carbonyl (C=O) groups is 1. The van der Waals surface area contributed by atoms with Crippen molar-refractivity contribution in [2.75, 3.05) is 12.8 Å². The second-order valence-electron chi connectivity index (χ2n) is 6.64. The molecular weight excluding hydrogens is 396 g/mol. The van der Waals surface area contributed by atoms with Crippen molar-refractivity contribution in [2.24, 2.45) is 7.05 Å². The molecule has 0 N–H and O–H groups in total. The fourth-order valence-corrected chi connectivity index (χ4v) is 4.30. The van der Waals surface area contributed by atoms with Crippen molar-refractivity contribution < 1.29 is 4.79 Å². The average molecular weight is 417 g/mol. The summed E-state index contributed by atoms with van der Waals surface area (Å²) in [5.74, 6) is 0.753. The first-order valence-corrected chi connectivity index (χ1v) is 10.7. The first kappa shape index (κ1) is 19.0. The third-order valence-corrected chi connectivity index (χ3v) is 5.97. The summed E-state index contributed by atoms with van der Waals surface area (Å²) in [6, 6.07) is 7.02. The summed E-state index contributed by atoms with van der Waals surface area (Å²) in [6.07, 6.45) is 2.74. The zero-order chi connectivity index (χ0) is 19.8. The van der Waals surface area contributed by atoms with Crippen LogP contribution in [0.2, 0.25) is 5.02 Å². The van der Waals surface area contributed by atoms with Crippen LogP contribution in [-0.4, -0.2) is 48.2 Å². The van der Waals surface area contributed by atoms with Gasteiger partial charge < -0.3 is 9.47 Å². The molecule has 1 amide bonds. The Labute approximate surface area is 172 Å². The van der Waals surface area contributed by atoms with E-state index in [-0.39, 0.29) is 5.91 Å². The van der Waals surface area contributed by atoms with E-state index in [9.17, 15) is 4.79 Å². The first-order valence-electron chi connectivity index (χ1n) is 9.10. The number of hydrogen-bond acceptors (Lipinski definition) is 5. The number of fused-ring (bicyclic) bond motifs is 1. The fraction of sp³-hybridized carbons (Fsp3) is 0.368. The lowest BCUT2D eigenvalue weighted by atomic mass is 10.0. The van der Waals surface area contributed by atoms with Crippen LogP contribution in [0.15, 0.2) is 29.4 Å². The number of benzene rings is 1. The van der Waals surface area contributed by atoms with Gasteiger partial charge in [0.05, 0.1) is 6.54 Å². The Kier molecular flexibility index (Phi) is 5.16. The maximum atomic E-state index is 13.0. The highest BCUT2D eigenvalue weighted by molar-refractivity contribution is 7.98. The number of aryl methyl sites for hydroxylation is 1. The standard InChI is InChI=1S/C19H21ClN6OS/c1-4-26-17(21-22-19(26)28-3)16-14-11-25(10-9-15(14)24(2)23-16)18(27)12-5-7-13(20)8-6-12/h5-8H,4,9-11H2,1-3H3. The SMILES string of the molecule is CCn1c(SC)nnc1-c1nn(C)c2c1CN(C(=O)c1ccc(Cl)cc1)CC2. The number of aromatic nitrogens is 5. The van der Waals surface area contributed by atoms with E-state index in [1.54, 1.807) is 36.0 Å². The molecule has 0 fully saturated rings. The Bertz CT molecular complexity index is 1030. The molecule has 1 aliphatic rings. The third-order valence-electron chi connectivity index (χ3n) is 5.05. The van der Waals surface area contributed by atoms with Gasteiger partial charge in [0, 0.05) is 48.4 Å². The highest BCUT2D eigenvalue weighted by Crippen LogP contribution is 2.31. The van der Waals surface area contributed by atoms with Gasteiger partial charge in [-0.1, -0.05) is 23.4 Å². The van der Waals surface area contributed by atoms with Gasteiger partial charge in [-0.05, 0) is 37.4 Å². The smallest absolute Gasteiger partial charge is 0.254 e. The van der Waals surface area contributed by atoms with Crippen LogP contribution in [0.5, 0.6) is 0 Å². The van der Waals surface area contributed by atoms with E-state index in [2.05, 4.69) is 21.7 Å². The molecule has 0 saturated heterocycles. The molecule has 2 aromatic heterocycles. The van der Waals surface area contributed by atoms with Crippen molar-refractivity contribution in [3.63, 3.8) is 0 Å². The molecule has 9 heteroatoms. The maximum Gasteiger partial charge on any atom is 0.254 e. The van der Waals surface area contributed by atoms with Gasteiger partial charge in [0.15, 0.2) is 11.0 Å². The lowest BCUT2D eigenvalue weighted by Gasteiger charge is -2.27. The number of rotatable bonds is 4. The molecule has 3 aromatic rings. The quantitative estimate of drug-likeness (QED) is 0.610. The highest BCUT2D eigenvalue weighted by Gasteiger charge is 2.30. The average Bonchev–Trinajstić information content (AvgIpc) is 3.28. The second kappa shape index (κ2) is 7.60. The molecule has 1 aliphatic heterocycles. The Morgan fingerprint density at radius 3 is 2.68 bits per heavy atom. The molecule has 0 aliphatic carbocycles. The minimum absolute atomic E-state index is 0.00104. The van der Waals surface area contributed by atoms with Crippen molar-refractivity contribution in [3.8, 4) is 11.5 Å². The number of hydrogen-bond donors (Lipinski definition) is 0. The van der Waals surface area contributed by atoms with Crippen molar-refractivity contribution in [3.05, 3.63) is 46.1 Å². The Morgan fingerprint density at radius 2 is 2.00 bits per heavy atom. The topological polar surface area (TPSA) is 68.8 Å². The molecule has 4 rings (SSSR count). The summed E-state index contributed by atoms with van der Waals surface area (Å²) < 4.78 is 3.97. The van der Waals surface area contributed by atoms with Crippen LogP contribution in [0, 0.1) is 0 Å². The summed E-state index contributed by atoms with van der Waals surface area (Å²) in [6.45, 7) is 3.99. The van der Waals surface area contributed by atoms with E-state index < -0.39 is 0 Å². The van der Waals surface area contributed by atoms with E-state index >= 15 is 0 Å². The minimum Gasteiger partial charge on any atom is -0.334 e. The Hall–Kier alpha value is -2.32. The van der Waals surface area contributed by atoms with E-state index in [0.717, 1.165) is 40.9 Å². The van der Waals surface area contributed by atoms with Gasteiger partial charge in [-0.3, -0.25) is 9.48 Å². The number of halogens is 1. The summed E-state index contributed by atoms with van der Waals surface area (Å²) in [5.41, 5.74) is 3.64. The third kappa shape index (κ3) is 3.20. The predicted octanol–water partition coefficient (Wildman–Crippen LogP) is 3.27. The zero-order valence-electron chi connectivity index (χ0n) is 16.0. The lowest BCUT2D eigenvalue weighted by Crippen LogP contribution is -2.36. The highest BCUT2D eigenvalue weighted by atomic mass is 35.5. The molecule has 0 spiro atoms. The van der Waals surface area contributed by atoms with Crippen molar-refractivity contribution in [1.29, 1.82) is 0 Å². The Balaban J connectivity index is 1.70. The van der Waals surface area contributed by atoms with Crippen LogP contribution < -0.4 is 0 Å². The number of thioether (sulfide) groups is 1. The molecule has 146 valence electrons. The Morgan fingerprint density at radius 1 is 1.25 bits per heavy atom. The van der Waals surface area contributed by atoms with E-state index in [4.69, 9.17) is 16.7 Å². The van der Waals surface area contributed by atoms with Crippen LogP contribution in [0.3, 0.4) is 0 Å². The normalized spacial score (nSPS) is 13.6. The molecule has 0 atom stereocenters. The molecule has 28 heavy (non-hydrogen) atoms. The summed E-state index contributed by atoms with van der Waals surface area (Å²) in [7, 11) is 1.95. The monoisotopic (exact) mass is 416 g/mol. The molecule has 0 saturated carbocycles. The molecule has 0 bridgehead atoms. The van der Waals surface area contributed by atoms with Crippen LogP contribution in [0.25, 0.3) is 11.5 Å². The van der Waals surface area contributed by atoms with Crippen molar-refractivity contribution in [2.45, 2.75) is 31.6 Å².